The molecule has 1 aliphatic carbocycles. The molecule has 4 rings (SSSR count). The molecule has 2 aromatic heterocycles. The molecule has 0 fully saturated rings. The number of H-pyrrole nitrogens is 2. The lowest BCUT2D eigenvalue weighted by Crippen LogP contribution is -2.34. The van der Waals surface area contributed by atoms with Crippen LogP contribution in [0, 0.1) is 12.8 Å². The van der Waals surface area contributed by atoms with E-state index in [-0.39, 0.29) is 11.5 Å². The maximum Gasteiger partial charge on any atom is 0.274 e. The summed E-state index contributed by atoms with van der Waals surface area (Å²) in [6.07, 6.45) is 4.14. The molecule has 2 N–H and O–H groups in total. The minimum atomic E-state index is -0.0808. The van der Waals surface area contributed by atoms with Gasteiger partial charge in [-0.15, -0.1) is 0 Å². The maximum atomic E-state index is 13.0. The van der Waals surface area contributed by atoms with E-state index in [4.69, 9.17) is 0 Å². The third-order valence-corrected chi connectivity index (χ3v) is 5.35. The number of fused-ring (bicyclic) bond motifs is 2. The number of hydrogen-bond acceptors (Lipinski definition) is 4. The molecule has 0 bridgehead atoms. The van der Waals surface area contributed by atoms with Crippen molar-refractivity contribution in [2.45, 2.75) is 46.0 Å². The zero-order valence-corrected chi connectivity index (χ0v) is 14.7. The van der Waals surface area contributed by atoms with Gasteiger partial charge in [-0.25, -0.2) is 4.98 Å². The average molecular weight is 341 g/mol. The van der Waals surface area contributed by atoms with Crippen molar-refractivity contribution in [3.8, 4) is 0 Å². The van der Waals surface area contributed by atoms with Gasteiger partial charge in [0.2, 0.25) is 0 Å². The van der Waals surface area contributed by atoms with Crippen molar-refractivity contribution in [1.29, 1.82) is 0 Å². The van der Waals surface area contributed by atoms with Crippen LogP contribution in [-0.2, 0) is 25.7 Å². The van der Waals surface area contributed by atoms with Gasteiger partial charge in [0.15, 0.2) is 5.69 Å². The van der Waals surface area contributed by atoms with Gasteiger partial charge in [-0.05, 0) is 38.5 Å². The summed E-state index contributed by atoms with van der Waals surface area (Å²) in [6.45, 7) is 5.09. The zero-order chi connectivity index (χ0) is 17.6. The number of hydrogen-bond donors (Lipinski definition) is 2. The summed E-state index contributed by atoms with van der Waals surface area (Å²) >= 11 is 0. The van der Waals surface area contributed by atoms with Crippen LogP contribution in [-0.4, -0.2) is 44.1 Å². The smallest absolute Gasteiger partial charge is 0.274 e. The SMILES string of the molecule is Cc1nc2c(c(=O)[nH]1)CCN(C(=O)c1n[nH]c3c1C[C@H](C)CC3)CC2. The lowest BCUT2D eigenvalue weighted by molar-refractivity contribution is 0.0755. The molecule has 7 heteroatoms. The Kier molecular flexibility index (Phi) is 3.94. The molecule has 1 amide bonds. The van der Waals surface area contributed by atoms with Crippen molar-refractivity contribution in [3.63, 3.8) is 0 Å². The van der Waals surface area contributed by atoms with Crippen molar-refractivity contribution in [2.24, 2.45) is 5.92 Å². The molecule has 0 saturated heterocycles. The highest BCUT2D eigenvalue weighted by Gasteiger charge is 2.29. The molecule has 0 saturated carbocycles. The molecule has 25 heavy (non-hydrogen) atoms. The lowest BCUT2D eigenvalue weighted by Gasteiger charge is -2.22. The van der Waals surface area contributed by atoms with Crippen LogP contribution in [0.25, 0.3) is 0 Å². The molecule has 7 nitrogen and oxygen atoms in total. The van der Waals surface area contributed by atoms with Gasteiger partial charge in [0, 0.05) is 36.3 Å². The first-order valence-electron chi connectivity index (χ1n) is 8.97. The van der Waals surface area contributed by atoms with E-state index in [2.05, 4.69) is 27.1 Å². The first kappa shape index (κ1) is 16.1. The van der Waals surface area contributed by atoms with Crippen molar-refractivity contribution < 1.29 is 4.79 Å². The van der Waals surface area contributed by atoms with Crippen LogP contribution in [0.2, 0.25) is 0 Å². The van der Waals surface area contributed by atoms with E-state index in [9.17, 15) is 9.59 Å². The molecule has 3 heterocycles. The van der Waals surface area contributed by atoms with Crippen LogP contribution in [0.15, 0.2) is 4.79 Å². The molecule has 0 radical (unpaired) electrons. The largest absolute Gasteiger partial charge is 0.337 e. The molecular formula is C18H23N5O2. The number of nitrogens with zero attached hydrogens (tertiary/aromatic N) is 3. The number of carbonyl (C=O) groups excluding carboxylic acids is 1. The minimum Gasteiger partial charge on any atom is -0.337 e. The Hall–Kier alpha value is -2.44. The second-order valence-corrected chi connectivity index (χ2v) is 7.25. The van der Waals surface area contributed by atoms with Gasteiger partial charge in [0.05, 0.1) is 5.69 Å². The first-order valence-corrected chi connectivity index (χ1v) is 8.97. The summed E-state index contributed by atoms with van der Waals surface area (Å²) in [5, 5.41) is 7.37. The Labute approximate surface area is 145 Å². The van der Waals surface area contributed by atoms with Crippen molar-refractivity contribution >= 4 is 5.91 Å². The van der Waals surface area contributed by atoms with Gasteiger partial charge in [-0.3, -0.25) is 14.7 Å². The molecule has 0 unspecified atom stereocenters. The number of amides is 1. The number of rotatable bonds is 1. The van der Waals surface area contributed by atoms with E-state index in [0.29, 0.717) is 48.9 Å². The van der Waals surface area contributed by atoms with Gasteiger partial charge < -0.3 is 9.88 Å². The lowest BCUT2D eigenvalue weighted by atomic mass is 9.87. The fraction of sp³-hybridized carbons (Fsp3) is 0.556. The summed E-state index contributed by atoms with van der Waals surface area (Å²) in [5.41, 5.74) is 4.19. The van der Waals surface area contributed by atoms with Crippen LogP contribution < -0.4 is 5.56 Å². The van der Waals surface area contributed by atoms with Gasteiger partial charge in [0.25, 0.3) is 11.5 Å². The summed E-state index contributed by atoms with van der Waals surface area (Å²) in [6, 6.07) is 0. The van der Waals surface area contributed by atoms with E-state index in [1.165, 1.54) is 0 Å². The van der Waals surface area contributed by atoms with Crippen LogP contribution >= 0.6 is 0 Å². The second-order valence-electron chi connectivity index (χ2n) is 7.25. The molecule has 0 spiro atoms. The van der Waals surface area contributed by atoms with Crippen molar-refractivity contribution in [3.05, 3.63) is 44.4 Å². The number of nitrogens with one attached hydrogen (secondary N) is 2. The van der Waals surface area contributed by atoms with E-state index in [1.54, 1.807) is 6.92 Å². The number of aromatic nitrogens is 4. The number of carbonyl (C=O) groups is 1. The van der Waals surface area contributed by atoms with Crippen molar-refractivity contribution in [2.75, 3.05) is 13.1 Å². The monoisotopic (exact) mass is 341 g/mol. The minimum absolute atomic E-state index is 0.0347. The highest BCUT2D eigenvalue weighted by Crippen LogP contribution is 2.27. The topological polar surface area (TPSA) is 94.7 Å². The zero-order valence-electron chi connectivity index (χ0n) is 14.7. The predicted octanol–water partition coefficient (Wildman–Crippen LogP) is 1.17. The first-order chi connectivity index (χ1) is 12.0. The summed E-state index contributed by atoms with van der Waals surface area (Å²) in [4.78, 5) is 34.2. The van der Waals surface area contributed by atoms with E-state index in [1.807, 2.05) is 4.90 Å². The highest BCUT2D eigenvalue weighted by molar-refractivity contribution is 5.94. The Morgan fingerprint density at radius 3 is 2.84 bits per heavy atom. The molecule has 132 valence electrons. The third kappa shape index (κ3) is 2.88. The quantitative estimate of drug-likeness (QED) is 0.814. The molecule has 2 aromatic rings. The molecule has 2 aliphatic rings. The average Bonchev–Trinajstić information content (AvgIpc) is 2.86. The van der Waals surface area contributed by atoms with Crippen LogP contribution in [0.1, 0.15) is 52.2 Å². The van der Waals surface area contributed by atoms with E-state index >= 15 is 0 Å². The van der Waals surface area contributed by atoms with Crippen LogP contribution in [0.4, 0.5) is 0 Å². The standard InChI is InChI=1S/C18H23N5O2/c1-10-3-4-15-13(9-10)16(22-21-15)18(25)23-7-5-12-14(6-8-23)19-11(2)20-17(12)24/h10H,3-9H2,1-2H3,(H,21,22)(H,19,20,24)/t10-/m1/s1. The summed E-state index contributed by atoms with van der Waals surface area (Å²) in [7, 11) is 0. The Bertz CT molecular complexity index is 882. The van der Waals surface area contributed by atoms with Crippen LogP contribution in [0.5, 0.6) is 0 Å². The van der Waals surface area contributed by atoms with E-state index < -0.39 is 0 Å². The Morgan fingerprint density at radius 1 is 1.20 bits per heavy atom. The van der Waals surface area contributed by atoms with E-state index in [0.717, 1.165) is 36.2 Å². The molecule has 0 aromatic carbocycles. The predicted molar refractivity (Wildman–Crippen MR) is 92.7 cm³/mol. The Balaban J connectivity index is 1.58. The molecule has 1 aliphatic heterocycles. The molecule has 1 atom stereocenters. The summed E-state index contributed by atoms with van der Waals surface area (Å²) in [5.74, 6) is 1.17. The fourth-order valence-corrected chi connectivity index (χ4v) is 3.93. The fourth-order valence-electron chi connectivity index (χ4n) is 3.93. The van der Waals surface area contributed by atoms with Crippen LogP contribution in [0.3, 0.4) is 0 Å². The second kappa shape index (κ2) is 6.13. The highest BCUT2D eigenvalue weighted by atomic mass is 16.2. The van der Waals surface area contributed by atoms with Gasteiger partial charge in [-0.2, -0.15) is 5.10 Å². The van der Waals surface area contributed by atoms with Gasteiger partial charge >= 0.3 is 0 Å². The molecular weight excluding hydrogens is 318 g/mol. The van der Waals surface area contributed by atoms with Gasteiger partial charge in [-0.1, -0.05) is 6.92 Å². The Morgan fingerprint density at radius 2 is 2.00 bits per heavy atom. The number of aryl methyl sites for hydroxylation is 2. The maximum absolute atomic E-state index is 13.0. The normalized spacial score (nSPS) is 19.9. The van der Waals surface area contributed by atoms with Crippen molar-refractivity contribution in [1.82, 2.24) is 25.1 Å². The summed E-state index contributed by atoms with van der Waals surface area (Å²) < 4.78 is 0. The third-order valence-electron chi connectivity index (χ3n) is 5.35. The number of aromatic amines is 2. The van der Waals surface area contributed by atoms with Gasteiger partial charge in [0.1, 0.15) is 5.82 Å².